The van der Waals surface area contributed by atoms with Crippen molar-refractivity contribution in [2.24, 2.45) is 0 Å². The van der Waals surface area contributed by atoms with Gasteiger partial charge in [-0.25, -0.2) is 0 Å². The highest BCUT2D eigenvalue weighted by molar-refractivity contribution is 5.76. The molecular formula is C13H18N2O. The van der Waals surface area contributed by atoms with Gasteiger partial charge in [-0.3, -0.25) is 4.79 Å². The molecule has 1 fully saturated rings. The van der Waals surface area contributed by atoms with Gasteiger partial charge in [0, 0.05) is 13.5 Å². The zero-order valence-electron chi connectivity index (χ0n) is 9.70. The Balaban J connectivity index is 2.02. The molecule has 0 aromatic heterocycles. The monoisotopic (exact) mass is 218 g/mol. The standard InChI is InChI=1S/C13H18N2O/c1-9(16)15-12-5-3-2-4-10(12)11-8-14-7-6-13(11)15/h2,4,12-14H,3,5-8H2,1H3. The summed E-state index contributed by atoms with van der Waals surface area (Å²) in [6.45, 7) is 3.70. The van der Waals surface area contributed by atoms with Crippen LogP contribution in [0.15, 0.2) is 23.3 Å². The first-order chi connectivity index (χ1) is 7.79. The van der Waals surface area contributed by atoms with E-state index in [1.54, 1.807) is 6.92 Å². The van der Waals surface area contributed by atoms with E-state index < -0.39 is 0 Å². The van der Waals surface area contributed by atoms with Crippen LogP contribution in [0.2, 0.25) is 0 Å². The molecule has 3 rings (SSSR count). The Labute approximate surface area is 96.2 Å². The van der Waals surface area contributed by atoms with Crippen molar-refractivity contribution < 1.29 is 4.79 Å². The number of hydrogen-bond acceptors (Lipinski definition) is 2. The third kappa shape index (κ3) is 1.34. The highest BCUT2D eigenvalue weighted by atomic mass is 16.2. The van der Waals surface area contributed by atoms with Crippen LogP contribution in [-0.4, -0.2) is 36.0 Å². The number of nitrogens with zero attached hydrogens (tertiary/aromatic N) is 1. The fourth-order valence-corrected chi connectivity index (χ4v) is 3.35. The van der Waals surface area contributed by atoms with Crippen LogP contribution in [-0.2, 0) is 4.79 Å². The van der Waals surface area contributed by atoms with E-state index in [-0.39, 0.29) is 5.91 Å². The molecule has 2 aliphatic heterocycles. The average Bonchev–Trinajstić information content (AvgIpc) is 2.63. The Morgan fingerprint density at radius 2 is 2.31 bits per heavy atom. The zero-order chi connectivity index (χ0) is 11.1. The molecule has 2 atom stereocenters. The lowest BCUT2D eigenvalue weighted by Crippen LogP contribution is -2.46. The van der Waals surface area contributed by atoms with E-state index in [0.717, 1.165) is 32.4 Å². The van der Waals surface area contributed by atoms with Crippen molar-refractivity contribution in [2.75, 3.05) is 13.1 Å². The van der Waals surface area contributed by atoms with Crippen molar-refractivity contribution >= 4 is 5.91 Å². The Morgan fingerprint density at radius 1 is 1.44 bits per heavy atom. The normalized spacial score (nSPS) is 32.7. The van der Waals surface area contributed by atoms with Gasteiger partial charge in [-0.2, -0.15) is 0 Å². The van der Waals surface area contributed by atoms with Crippen LogP contribution in [0.1, 0.15) is 26.2 Å². The molecular weight excluding hydrogens is 200 g/mol. The molecule has 1 saturated heterocycles. The Hall–Kier alpha value is -1.09. The van der Waals surface area contributed by atoms with E-state index in [1.807, 2.05) is 0 Å². The summed E-state index contributed by atoms with van der Waals surface area (Å²) in [4.78, 5) is 13.9. The van der Waals surface area contributed by atoms with Gasteiger partial charge in [0.15, 0.2) is 0 Å². The van der Waals surface area contributed by atoms with Gasteiger partial charge in [-0.1, -0.05) is 12.2 Å². The summed E-state index contributed by atoms with van der Waals surface area (Å²) in [5.74, 6) is 0.236. The van der Waals surface area contributed by atoms with Gasteiger partial charge < -0.3 is 10.2 Å². The fourth-order valence-electron chi connectivity index (χ4n) is 3.35. The van der Waals surface area contributed by atoms with Crippen LogP contribution in [0.5, 0.6) is 0 Å². The van der Waals surface area contributed by atoms with E-state index in [9.17, 15) is 4.79 Å². The molecule has 1 aliphatic carbocycles. The maximum absolute atomic E-state index is 11.8. The molecule has 1 amide bonds. The van der Waals surface area contributed by atoms with Crippen molar-refractivity contribution in [1.29, 1.82) is 0 Å². The number of nitrogens with one attached hydrogen (secondary N) is 1. The molecule has 0 aromatic rings. The Bertz CT molecular complexity index is 383. The van der Waals surface area contributed by atoms with Crippen molar-refractivity contribution in [3.63, 3.8) is 0 Å². The molecule has 0 aromatic carbocycles. The maximum Gasteiger partial charge on any atom is 0.220 e. The summed E-state index contributed by atoms with van der Waals surface area (Å²) >= 11 is 0. The molecule has 86 valence electrons. The molecule has 3 nitrogen and oxygen atoms in total. The van der Waals surface area contributed by atoms with Crippen molar-refractivity contribution in [2.45, 2.75) is 38.3 Å². The summed E-state index contributed by atoms with van der Waals surface area (Å²) in [6.07, 6.45) is 7.76. The summed E-state index contributed by atoms with van der Waals surface area (Å²) in [5, 5.41) is 3.42. The van der Waals surface area contributed by atoms with Gasteiger partial charge in [0.05, 0.1) is 12.1 Å². The first-order valence-corrected chi connectivity index (χ1v) is 6.18. The lowest BCUT2D eigenvalue weighted by molar-refractivity contribution is -0.131. The summed E-state index contributed by atoms with van der Waals surface area (Å²) in [5.41, 5.74) is 2.88. The Morgan fingerprint density at radius 3 is 3.12 bits per heavy atom. The quantitative estimate of drug-likeness (QED) is 0.663. The number of hydrogen-bond donors (Lipinski definition) is 1. The summed E-state index contributed by atoms with van der Waals surface area (Å²) in [7, 11) is 0. The number of carbonyl (C=O) groups is 1. The van der Waals surface area contributed by atoms with Crippen LogP contribution >= 0.6 is 0 Å². The molecule has 2 unspecified atom stereocenters. The highest BCUT2D eigenvalue weighted by Crippen LogP contribution is 2.38. The number of fused-ring (bicyclic) bond motifs is 2. The van der Waals surface area contributed by atoms with Crippen LogP contribution < -0.4 is 5.32 Å². The van der Waals surface area contributed by atoms with Gasteiger partial charge >= 0.3 is 0 Å². The third-order valence-corrected chi connectivity index (χ3v) is 3.98. The van der Waals surface area contributed by atoms with Gasteiger partial charge in [0.2, 0.25) is 5.91 Å². The van der Waals surface area contributed by atoms with Gasteiger partial charge in [-0.05, 0) is 37.0 Å². The van der Waals surface area contributed by atoms with E-state index in [4.69, 9.17) is 0 Å². The third-order valence-electron chi connectivity index (χ3n) is 3.98. The highest BCUT2D eigenvalue weighted by Gasteiger charge is 2.41. The minimum Gasteiger partial charge on any atom is -0.329 e. The van der Waals surface area contributed by atoms with Crippen molar-refractivity contribution in [3.8, 4) is 0 Å². The van der Waals surface area contributed by atoms with Crippen molar-refractivity contribution in [3.05, 3.63) is 23.3 Å². The SMILES string of the molecule is CC(=O)N1C2CCC=CC2=C2CNCCC21. The number of amides is 1. The van der Waals surface area contributed by atoms with Crippen LogP contribution in [0.3, 0.4) is 0 Å². The zero-order valence-corrected chi connectivity index (χ0v) is 9.70. The van der Waals surface area contributed by atoms with Crippen LogP contribution in [0.4, 0.5) is 0 Å². The molecule has 0 radical (unpaired) electrons. The van der Waals surface area contributed by atoms with Crippen molar-refractivity contribution in [1.82, 2.24) is 10.2 Å². The lowest BCUT2D eigenvalue weighted by atomic mass is 9.93. The second-order valence-corrected chi connectivity index (χ2v) is 4.88. The topological polar surface area (TPSA) is 32.3 Å². The number of rotatable bonds is 0. The summed E-state index contributed by atoms with van der Waals surface area (Å²) < 4.78 is 0. The fraction of sp³-hybridized carbons (Fsp3) is 0.615. The van der Waals surface area contributed by atoms with E-state index in [1.165, 1.54) is 11.1 Å². The molecule has 0 spiro atoms. The minimum atomic E-state index is 0.236. The lowest BCUT2D eigenvalue weighted by Gasteiger charge is -2.34. The second kappa shape index (κ2) is 3.74. The smallest absolute Gasteiger partial charge is 0.220 e. The summed E-state index contributed by atoms with van der Waals surface area (Å²) in [6, 6.07) is 0.740. The number of allylic oxidation sites excluding steroid dienone is 1. The predicted molar refractivity (Wildman–Crippen MR) is 63.0 cm³/mol. The molecule has 3 aliphatic rings. The van der Waals surface area contributed by atoms with E-state index >= 15 is 0 Å². The first kappa shape index (κ1) is 10.1. The molecule has 1 N–H and O–H groups in total. The number of carbonyl (C=O) groups excluding carboxylic acids is 1. The molecule has 2 heterocycles. The molecule has 0 saturated carbocycles. The van der Waals surface area contributed by atoms with Crippen LogP contribution in [0.25, 0.3) is 0 Å². The van der Waals surface area contributed by atoms with E-state index in [0.29, 0.717) is 12.1 Å². The average molecular weight is 218 g/mol. The Kier molecular flexibility index (Phi) is 2.36. The maximum atomic E-state index is 11.8. The van der Waals surface area contributed by atoms with Crippen LogP contribution in [0, 0.1) is 0 Å². The molecule has 16 heavy (non-hydrogen) atoms. The molecule has 3 heteroatoms. The minimum absolute atomic E-state index is 0.236. The van der Waals surface area contributed by atoms with Gasteiger partial charge in [0.25, 0.3) is 0 Å². The molecule has 0 bridgehead atoms. The largest absolute Gasteiger partial charge is 0.329 e. The van der Waals surface area contributed by atoms with E-state index in [2.05, 4.69) is 22.4 Å². The predicted octanol–water partition coefficient (Wildman–Crippen LogP) is 1.23. The second-order valence-electron chi connectivity index (χ2n) is 4.88. The van der Waals surface area contributed by atoms with Gasteiger partial charge in [-0.15, -0.1) is 0 Å². The van der Waals surface area contributed by atoms with Gasteiger partial charge in [0.1, 0.15) is 0 Å². The number of piperidine rings is 1. The first-order valence-electron chi connectivity index (χ1n) is 6.18.